The molecule has 2 fully saturated rings. The Bertz CT molecular complexity index is 783. The van der Waals surface area contributed by atoms with Crippen LogP contribution in [0.25, 0.3) is 11.3 Å². The van der Waals surface area contributed by atoms with E-state index in [1.807, 2.05) is 29.6 Å². The van der Waals surface area contributed by atoms with Gasteiger partial charge in [-0.05, 0) is 31.7 Å². The van der Waals surface area contributed by atoms with Crippen molar-refractivity contribution < 1.29 is 9.53 Å². The van der Waals surface area contributed by atoms with Crippen molar-refractivity contribution in [2.75, 3.05) is 31.6 Å². The largest absolute Gasteiger partial charge is 0.379 e. The van der Waals surface area contributed by atoms with Crippen molar-refractivity contribution in [2.45, 2.75) is 31.7 Å². The minimum Gasteiger partial charge on any atom is -0.379 e. The van der Waals surface area contributed by atoms with Crippen LogP contribution in [0.15, 0.2) is 29.6 Å². The van der Waals surface area contributed by atoms with Crippen molar-refractivity contribution in [3.8, 4) is 11.3 Å². The van der Waals surface area contributed by atoms with E-state index in [-0.39, 0.29) is 11.8 Å². The molecule has 2 aliphatic rings. The molecule has 27 heavy (non-hydrogen) atoms. The van der Waals surface area contributed by atoms with E-state index >= 15 is 0 Å². The van der Waals surface area contributed by atoms with Crippen molar-refractivity contribution in [2.24, 2.45) is 5.92 Å². The molecule has 7 heteroatoms. The predicted octanol–water partition coefficient (Wildman–Crippen LogP) is 4.29. The second-order valence-corrected chi connectivity index (χ2v) is 8.43. The molecule has 0 bridgehead atoms. The van der Waals surface area contributed by atoms with Crippen molar-refractivity contribution in [3.63, 3.8) is 0 Å². The zero-order chi connectivity index (χ0) is 18.6. The average Bonchev–Trinajstić information content (AvgIpc) is 3.17. The lowest BCUT2D eigenvalue weighted by atomic mass is 9.84. The highest BCUT2D eigenvalue weighted by atomic mass is 35.5. The summed E-state index contributed by atoms with van der Waals surface area (Å²) >= 11 is 7.68. The van der Waals surface area contributed by atoms with Crippen LogP contribution in [0.2, 0.25) is 5.02 Å². The molecule has 1 aromatic carbocycles. The molecule has 1 amide bonds. The van der Waals surface area contributed by atoms with E-state index in [1.54, 1.807) is 0 Å². The van der Waals surface area contributed by atoms with E-state index in [9.17, 15) is 4.79 Å². The molecule has 0 radical (unpaired) electrons. The highest BCUT2D eigenvalue weighted by Gasteiger charge is 2.30. The van der Waals surface area contributed by atoms with Gasteiger partial charge in [-0.2, -0.15) is 0 Å². The smallest absolute Gasteiger partial charge is 0.229 e. The molecule has 5 nitrogen and oxygen atoms in total. The number of hydrogen-bond donors (Lipinski definition) is 1. The second kappa shape index (κ2) is 8.69. The minimum atomic E-state index is 0.0787. The van der Waals surface area contributed by atoms with E-state index in [4.69, 9.17) is 16.3 Å². The van der Waals surface area contributed by atoms with E-state index in [0.717, 1.165) is 63.2 Å². The minimum absolute atomic E-state index is 0.0787. The van der Waals surface area contributed by atoms with Crippen LogP contribution >= 0.6 is 22.9 Å². The summed E-state index contributed by atoms with van der Waals surface area (Å²) in [6.07, 6.45) is 4.05. The van der Waals surface area contributed by atoms with Crippen molar-refractivity contribution in [1.82, 2.24) is 9.88 Å². The number of benzene rings is 1. The number of halogens is 1. The number of amides is 1. The Labute approximate surface area is 168 Å². The Morgan fingerprint density at radius 3 is 2.67 bits per heavy atom. The maximum Gasteiger partial charge on any atom is 0.229 e. The first-order chi connectivity index (χ1) is 13.2. The molecule has 2 heterocycles. The van der Waals surface area contributed by atoms with Crippen LogP contribution in [0, 0.1) is 5.92 Å². The van der Waals surface area contributed by atoms with E-state index in [1.165, 1.54) is 11.3 Å². The molecule has 0 atom stereocenters. The summed E-state index contributed by atoms with van der Waals surface area (Å²) in [5.41, 5.74) is 1.69. The molecule has 1 aliphatic heterocycles. The average molecular weight is 406 g/mol. The van der Waals surface area contributed by atoms with Gasteiger partial charge in [0.25, 0.3) is 0 Å². The van der Waals surface area contributed by atoms with Gasteiger partial charge in [-0.15, -0.1) is 11.3 Å². The van der Waals surface area contributed by atoms with Gasteiger partial charge in [0.2, 0.25) is 5.91 Å². The van der Waals surface area contributed by atoms with Gasteiger partial charge in [0, 0.05) is 41.0 Å². The van der Waals surface area contributed by atoms with E-state index in [2.05, 4.69) is 15.2 Å². The highest BCUT2D eigenvalue weighted by Crippen LogP contribution is 2.32. The lowest BCUT2D eigenvalue weighted by Gasteiger charge is -2.38. The van der Waals surface area contributed by atoms with E-state index in [0.29, 0.717) is 16.2 Å². The highest BCUT2D eigenvalue weighted by molar-refractivity contribution is 7.14. The summed E-state index contributed by atoms with van der Waals surface area (Å²) in [5.74, 6) is 0.172. The van der Waals surface area contributed by atoms with Crippen molar-refractivity contribution in [3.05, 3.63) is 34.7 Å². The number of nitrogens with zero attached hydrogens (tertiary/aromatic N) is 2. The van der Waals surface area contributed by atoms with Gasteiger partial charge in [-0.25, -0.2) is 4.98 Å². The second-order valence-electron chi connectivity index (χ2n) is 7.16. The van der Waals surface area contributed by atoms with Gasteiger partial charge >= 0.3 is 0 Å². The molecule has 1 saturated carbocycles. The van der Waals surface area contributed by atoms with Gasteiger partial charge < -0.3 is 10.1 Å². The van der Waals surface area contributed by atoms with Crippen LogP contribution in [0.1, 0.15) is 25.7 Å². The van der Waals surface area contributed by atoms with Gasteiger partial charge in [0.15, 0.2) is 5.13 Å². The number of aromatic nitrogens is 1. The SMILES string of the molecule is O=C(Nc1nc(-c2ccccc2Cl)cs1)[C@H]1CC[C@H](N2CCOCC2)CC1. The summed E-state index contributed by atoms with van der Waals surface area (Å²) in [4.78, 5) is 19.7. The quantitative estimate of drug-likeness (QED) is 0.824. The van der Waals surface area contributed by atoms with Gasteiger partial charge in [0.05, 0.1) is 18.9 Å². The maximum atomic E-state index is 12.7. The third-order valence-electron chi connectivity index (χ3n) is 5.51. The molecule has 1 N–H and O–H groups in total. The standard InChI is InChI=1S/C20H24ClN3O2S/c21-17-4-2-1-3-16(17)18-13-27-20(22-18)23-19(25)14-5-7-15(8-6-14)24-9-11-26-12-10-24/h1-4,13-15H,5-12H2,(H,22,23,25)/t14-,15-. The number of hydrogen-bond acceptors (Lipinski definition) is 5. The van der Waals surface area contributed by atoms with Crippen LogP contribution in [0.4, 0.5) is 5.13 Å². The lowest BCUT2D eigenvalue weighted by Crippen LogP contribution is -2.45. The first kappa shape index (κ1) is 18.9. The molecule has 1 aromatic heterocycles. The van der Waals surface area contributed by atoms with Crippen LogP contribution in [0.5, 0.6) is 0 Å². The number of morpholine rings is 1. The molecule has 0 unspecified atom stereocenters. The molecule has 144 valence electrons. The fourth-order valence-corrected chi connectivity index (χ4v) is 4.92. The Kier molecular flexibility index (Phi) is 6.08. The number of nitrogens with one attached hydrogen (secondary N) is 1. The summed E-state index contributed by atoms with van der Waals surface area (Å²) in [6.45, 7) is 3.70. The van der Waals surface area contributed by atoms with Crippen molar-refractivity contribution >= 4 is 34.0 Å². The normalized spacial score (nSPS) is 23.9. The van der Waals surface area contributed by atoms with Crippen LogP contribution in [-0.2, 0) is 9.53 Å². The van der Waals surface area contributed by atoms with Gasteiger partial charge in [-0.3, -0.25) is 9.69 Å². The monoisotopic (exact) mass is 405 g/mol. The lowest BCUT2D eigenvalue weighted by molar-refractivity contribution is -0.121. The maximum absolute atomic E-state index is 12.7. The van der Waals surface area contributed by atoms with Gasteiger partial charge in [0.1, 0.15) is 0 Å². The Morgan fingerprint density at radius 2 is 1.93 bits per heavy atom. The van der Waals surface area contributed by atoms with Crippen LogP contribution in [-0.4, -0.2) is 48.1 Å². The number of carbonyl (C=O) groups is 1. The summed E-state index contributed by atoms with van der Waals surface area (Å²) in [6, 6.07) is 8.22. The third-order valence-corrected chi connectivity index (χ3v) is 6.60. The van der Waals surface area contributed by atoms with E-state index < -0.39 is 0 Å². The fourth-order valence-electron chi connectivity index (χ4n) is 3.98. The summed E-state index contributed by atoms with van der Waals surface area (Å²) in [7, 11) is 0. The molecule has 0 spiro atoms. The summed E-state index contributed by atoms with van der Waals surface area (Å²) in [5, 5.41) is 6.26. The Hall–Kier alpha value is -1.47. The number of rotatable bonds is 4. The number of ether oxygens (including phenoxy) is 1. The van der Waals surface area contributed by atoms with Crippen molar-refractivity contribution in [1.29, 1.82) is 0 Å². The predicted molar refractivity (Wildman–Crippen MR) is 109 cm³/mol. The number of carbonyl (C=O) groups excluding carboxylic acids is 1. The molecule has 1 saturated heterocycles. The topological polar surface area (TPSA) is 54.5 Å². The number of anilines is 1. The Balaban J connectivity index is 1.32. The summed E-state index contributed by atoms with van der Waals surface area (Å²) < 4.78 is 5.44. The molecule has 1 aliphatic carbocycles. The molecule has 2 aromatic rings. The molecular formula is C20H24ClN3O2S. The number of thiazole rings is 1. The zero-order valence-electron chi connectivity index (χ0n) is 15.2. The first-order valence-electron chi connectivity index (χ1n) is 9.54. The van der Waals surface area contributed by atoms with Crippen LogP contribution < -0.4 is 5.32 Å². The first-order valence-corrected chi connectivity index (χ1v) is 10.8. The fraction of sp³-hybridized carbons (Fsp3) is 0.500. The molecular weight excluding hydrogens is 382 g/mol. The zero-order valence-corrected chi connectivity index (χ0v) is 16.8. The third kappa shape index (κ3) is 4.51. The molecule has 4 rings (SSSR count). The Morgan fingerprint density at radius 1 is 1.19 bits per heavy atom. The van der Waals surface area contributed by atoms with Crippen LogP contribution in [0.3, 0.4) is 0 Å². The van der Waals surface area contributed by atoms with Gasteiger partial charge in [-0.1, -0.05) is 29.8 Å².